The molecule has 230 valence electrons. The summed E-state index contributed by atoms with van der Waals surface area (Å²) in [6.07, 6.45) is 13.6. The topological polar surface area (TPSA) is 71.1 Å². The van der Waals surface area contributed by atoms with E-state index < -0.39 is 0 Å². The van der Waals surface area contributed by atoms with E-state index in [-0.39, 0.29) is 11.9 Å². The highest BCUT2D eigenvalue weighted by atomic mass is 16.5. The molecule has 41 heavy (non-hydrogen) atoms. The molecule has 1 aromatic rings. The third kappa shape index (κ3) is 14.2. The van der Waals surface area contributed by atoms with Gasteiger partial charge in [-0.05, 0) is 120 Å². The van der Waals surface area contributed by atoms with Gasteiger partial charge < -0.3 is 18.9 Å². The summed E-state index contributed by atoms with van der Waals surface area (Å²) in [4.78, 5) is 23.9. The first-order valence-electron chi connectivity index (χ1n) is 15.7. The summed E-state index contributed by atoms with van der Waals surface area (Å²) in [5.41, 5.74) is 3.91. The van der Waals surface area contributed by atoms with Crippen LogP contribution in [0.1, 0.15) is 103 Å². The Morgan fingerprint density at radius 3 is 2.00 bits per heavy atom. The zero-order valence-electron chi connectivity index (χ0n) is 26.1. The van der Waals surface area contributed by atoms with E-state index in [2.05, 4.69) is 37.8 Å². The molecular formula is C35H54O6. The van der Waals surface area contributed by atoms with Gasteiger partial charge in [0.15, 0.2) is 0 Å². The number of unbranched alkanes of at least 4 members (excludes halogenated alkanes) is 6. The molecular weight excluding hydrogens is 516 g/mol. The van der Waals surface area contributed by atoms with Crippen molar-refractivity contribution in [2.45, 2.75) is 104 Å². The van der Waals surface area contributed by atoms with Crippen LogP contribution in [0.5, 0.6) is 5.75 Å². The van der Waals surface area contributed by atoms with Crippen LogP contribution in [0.15, 0.2) is 47.6 Å². The highest BCUT2D eigenvalue weighted by Gasteiger charge is 2.26. The molecule has 0 aromatic heterocycles. The van der Waals surface area contributed by atoms with Gasteiger partial charge in [0, 0.05) is 24.9 Å². The fourth-order valence-corrected chi connectivity index (χ4v) is 5.45. The standard InChI is InChI=1S/C35H54O6/c1-27(2)34(36)40-24-12-9-8-11-23-39-32-19-16-30(17-20-32)14-15-31-18-21-33(28(3)26-31)29(4)35(37)41-25-13-7-6-10-22-38-5/h16-17,19-20,28,31H,1,6-15,18,21-26H2,2-5H3/b33-29+. The van der Waals surface area contributed by atoms with E-state index in [0.717, 1.165) is 95.0 Å². The van der Waals surface area contributed by atoms with E-state index in [1.165, 1.54) is 17.6 Å². The lowest BCUT2D eigenvalue weighted by Gasteiger charge is -2.30. The largest absolute Gasteiger partial charge is 0.494 e. The van der Waals surface area contributed by atoms with Gasteiger partial charge in [-0.3, -0.25) is 0 Å². The Balaban J connectivity index is 1.60. The van der Waals surface area contributed by atoms with Gasteiger partial charge >= 0.3 is 11.9 Å². The van der Waals surface area contributed by atoms with Crippen molar-refractivity contribution in [2.24, 2.45) is 11.8 Å². The molecule has 1 fully saturated rings. The van der Waals surface area contributed by atoms with Gasteiger partial charge in [-0.1, -0.05) is 37.6 Å². The lowest BCUT2D eigenvalue weighted by Crippen LogP contribution is -2.20. The molecule has 6 nitrogen and oxygen atoms in total. The van der Waals surface area contributed by atoms with Gasteiger partial charge in [-0.2, -0.15) is 0 Å². The third-order valence-corrected chi connectivity index (χ3v) is 8.02. The van der Waals surface area contributed by atoms with Crippen LogP contribution in [0.25, 0.3) is 0 Å². The molecule has 0 amide bonds. The quantitative estimate of drug-likeness (QED) is 0.0894. The fraction of sp³-hybridized carbons (Fsp3) is 0.657. The third-order valence-electron chi connectivity index (χ3n) is 8.02. The Kier molecular flexibility index (Phi) is 17.1. The summed E-state index contributed by atoms with van der Waals surface area (Å²) in [6.45, 7) is 11.9. The average molecular weight is 571 g/mol. The minimum Gasteiger partial charge on any atom is -0.494 e. The minimum atomic E-state index is -0.309. The van der Waals surface area contributed by atoms with Gasteiger partial charge in [0.05, 0.1) is 19.8 Å². The summed E-state index contributed by atoms with van der Waals surface area (Å²) in [5.74, 6) is 1.59. The maximum atomic E-state index is 12.6. The monoisotopic (exact) mass is 570 g/mol. The Hall–Kier alpha value is -2.60. The molecule has 2 atom stereocenters. The smallest absolute Gasteiger partial charge is 0.333 e. The second-order valence-corrected chi connectivity index (χ2v) is 11.6. The first-order chi connectivity index (χ1) is 19.8. The number of benzene rings is 1. The van der Waals surface area contributed by atoms with Crippen molar-refractivity contribution in [3.05, 3.63) is 53.1 Å². The number of aryl methyl sites for hydroxylation is 1. The van der Waals surface area contributed by atoms with Crippen LogP contribution in [-0.2, 0) is 30.2 Å². The Labute approximate surface area is 248 Å². The SMILES string of the molecule is C=C(C)C(=O)OCCCCCCOc1ccc(CCC2CC/C(=C(/C)C(=O)OCCCCCCOC)C(C)C2)cc1. The van der Waals surface area contributed by atoms with Crippen LogP contribution in [0, 0.1) is 11.8 Å². The summed E-state index contributed by atoms with van der Waals surface area (Å²) in [5, 5.41) is 0. The van der Waals surface area contributed by atoms with Crippen LogP contribution in [0.2, 0.25) is 0 Å². The molecule has 0 aliphatic heterocycles. The van der Waals surface area contributed by atoms with Gasteiger partial charge in [0.1, 0.15) is 5.75 Å². The highest BCUT2D eigenvalue weighted by Crippen LogP contribution is 2.37. The van der Waals surface area contributed by atoms with Crippen LogP contribution < -0.4 is 4.74 Å². The number of allylic oxidation sites excluding steroid dienone is 1. The molecule has 2 unspecified atom stereocenters. The summed E-state index contributed by atoms with van der Waals surface area (Å²) in [7, 11) is 1.73. The van der Waals surface area contributed by atoms with Crippen LogP contribution >= 0.6 is 0 Å². The number of methoxy groups -OCH3 is 1. The number of carbonyl (C=O) groups excluding carboxylic acids is 2. The van der Waals surface area contributed by atoms with E-state index in [0.29, 0.717) is 37.2 Å². The van der Waals surface area contributed by atoms with E-state index in [1.807, 2.05) is 6.92 Å². The van der Waals surface area contributed by atoms with Crippen molar-refractivity contribution in [2.75, 3.05) is 33.5 Å². The molecule has 0 spiro atoms. The predicted octanol–water partition coefficient (Wildman–Crippen LogP) is 8.18. The highest BCUT2D eigenvalue weighted by molar-refractivity contribution is 5.88. The second-order valence-electron chi connectivity index (χ2n) is 11.6. The molecule has 1 saturated carbocycles. The van der Waals surface area contributed by atoms with E-state index in [1.54, 1.807) is 14.0 Å². The molecule has 1 aliphatic carbocycles. The minimum absolute atomic E-state index is 0.133. The Morgan fingerprint density at radius 2 is 1.41 bits per heavy atom. The van der Waals surface area contributed by atoms with Crippen molar-refractivity contribution in [3.63, 3.8) is 0 Å². The first kappa shape index (κ1) is 34.6. The van der Waals surface area contributed by atoms with E-state index in [4.69, 9.17) is 18.9 Å². The number of hydrogen-bond donors (Lipinski definition) is 0. The van der Waals surface area contributed by atoms with Gasteiger partial charge in [0.2, 0.25) is 0 Å². The van der Waals surface area contributed by atoms with Crippen LogP contribution in [-0.4, -0.2) is 45.5 Å². The summed E-state index contributed by atoms with van der Waals surface area (Å²) in [6, 6.07) is 8.51. The van der Waals surface area contributed by atoms with Crippen molar-refractivity contribution in [1.29, 1.82) is 0 Å². The predicted molar refractivity (Wildman–Crippen MR) is 165 cm³/mol. The lowest BCUT2D eigenvalue weighted by molar-refractivity contribution is -0.140. The molecule has 0 bridgehead atoms. The van der Waals surface area contributed by atoms with Crippen LogP contribution in [0.4, 0.5) is 0 Å². The number of ether oxygens (including phenoxy) is 4. The molecule has 0 heterocycles. The van der Waals surface area contributed by atoms with Crippen molar-refractivity contribution in [1.82, 2.24) is 0 Å². The van der Waals surface area contributed by atoms with Gasteiger partial charge in [0.25, 0.3) is 0 Å². The lowest BCUT2D eigenvalue weighted by atomic mass is 9.75. The molecule has 2 rings (SSSR count). The maximum Gasteiger partial charge on any atom is 0.333 e. The normalized spacial score (nSPS) is 18.0. The van der Waals surface area contributed by atoms with Crippen molar-refractivity contribution >= 4 is 11.9 Å². The van der Waals surface area contributed by atoms with E-state index in [9.17, 15) is 9.59 Å². The maximum absolute atomic E-state index is 12.6. The molecule has 1 aliphatic rings. The number of esters is 2. The average Bonchev–Trinajstić information content (AvgIpc) is 2.97. The number of rotatable bonds is 20. The molecule has 6 heteroatoms. The first-order valence-corrected chi connectivity index (χ1v) is 15.7. The molecule has 0 radical (unpaired) electrons. The Bertz CT molecular complexity index is 948. The van der Waals surface area contributed by atoms with Crippen LogP contribution in [0.3, 0.4) is 0 Å². The molecule has 0 N–H and O–H groups in total. The zero-order valence-corrected chi connectivity index (χ0v) is 26.1. The van der Waals surface area contributed by atoms with E-state index >= 15 is 0 Å². The zero-order chi connectivity index (χ0) is 29.9. The molecule has 1 aromatic carbocycles. The fourth-order valence-electron chi connectivity index (χ4n) is 5.45. The molecule has 0 saturated heterocycles. The van der Waals surface area contributed by atoms with Crippen molar-refractivity contribution in [3.8, 4) is 5.75 Å². The van der Waals surface area contributed by atoms with Crippen molar-refractivity contribution < 1.29 is 28.5 Å². The number of hydrogen-bond acceptors (Lipinski definition) is 6. The summed E-state index contributed by atoms with van der Waals surface area (Å²) >= 11 is 0. The number of carbonyl (C=O) groups is 2. The summed E-state index contributed by atoms with van der Waals surface area (Å²) < 4.78 is 21.7. The van der Waals surface area contributed by atoms with Gasteiger partial charge in [-0.25, -0.2) is 9.59 Å². The Morgan fingerprint density at radius 1 is 0.829 bits per heavy atom. The van der Waals surface area contributed by atoms with Gasteiger partial charge in [-0.15, -0.1) is 0 Å². The second kappa shape index (κ2) is 20.3.